The van der Waals surface area contributed by atoms with Crippen molar-refractivity contribution in [3.63, 3.8) is 0 Å². The second-order valence-electron chi connectivity index (χ2n) is 9.35. The summed E-state index contributed by atoms with van der Waals surface area (Å²) in [5, 5.41) is 16.7. The molecule has 3 aromatic carbocycles. The minimum absolute atomic E-state index is 0.0715. The second kappa shape index (κ2) is 9.08. The number of sulfonamides is 1. The molecule has 178 valence electrons. The molecule has 6 heteroatoms. The molecule has 2 aliphatic rings. The van der Waals surface area contributed by atoms with Crippen molar-refractivity contribution in [2.45, 2.75) is 50.0 Å². The number of rotatable bonds is 7. The molecule has 0 fully saturated rings. The Morgan fingerprint density at radius 3 is 2.56 bits per heavy atom. The Morgan fingerprint density at radius 2 is 1.79 bits per heavy atom. The number of fused-ring (bicyclic) bond motifs is 4. The fourth-order valence-electron chi connectivity index (χ4n) is 5.63. The van der Waals surface area contributed by atoms with Crippen molar-refractivity contribution in [2.75, 3.05) is 18.4 Å². The van der Waals surface area contributed by atoms with Gasteiger partial charge < -0.3 is 10.4 Å². The SMILES string of the molecule is CCCN(CCC)S(=O)(=O)c1ccc2c(c1)C1C=CCC1C(c1c(O)ccc3ccccc13)N2. The monoisotopic (exact) mass is 476 g/mol. The third kappa shape index (κ3) is 3.79. The third-order valence-corrected chi connectivity index (χ3v) is 9.07. The van der Waals surface area contributed by atoms with Crippen LogP contribution in [0.1, 0.15) is 56.2 Å². The Balaban J connectivity index is 1.58. The number of allylic oxidation sites excluding steroid dienone is 2. The maximum Gasteiger partial charge on any atom is 0.243 e. The molecular formula is C28H32N2O3S. The van der Waals surface area contributed by atoms with E-state index >= 15 is 0 Å². The molecule has 3 aromatic rings. The zero-order chi connectivity index (χ0) is 23.9. The minimum atomic E-state index is -3.55. The van der Waals surface area contributed by atoms with Crippen molar-refractivity contribution >= 4 is 26.5 Å². The van der Waals surface area contributed by atoms with E-state index in [-0.39, 0.29) is 17.9 Å². The molecule has 0 spiro atoms. The van der Waals surface area contributed by atoms with Gasteiger partial charge in [0.05, 0.1) is 10.9 Å². The first-order valence-electron chi connectivity index (χ1n) is 12.2. The third-order valence-electron chi connectivity index (χ3n) is 7.18. The lowest BCUT2D eigenvalue weighted by molar-refractivity contribution is 0.403. The van der Waals surface area contributed by atoms with Crippen LogP contribution in [0.25, 0.3) is 10.8 Å². The van der Waals surface area contributed by atoms with Gasteiger partial charge in [0.2, 0.25) is 10.0 Å². The quantitative estimate of drug-likeness (QED) is 0.399. The van der Waals surface area contributed by atoms with Crippen LogP contribution >= 0.6 is 0 Å². The highest BCUT2D eigenvalue weighted by molar-refractivity contribution is 7.89. The zero-order valence-corrected chi connectivity index (χ0v) is 20.6. The lowest BCUT2D eigenvalue weighted by Gasteiger charge is -2.38. The standard InChI is InChI=1S/C28H32N2O3S/c1-3-16-30(17-4-2)34(32,33)20-13-14-25-24(18-20)22-10-7-11-23(22)28(29-25)27-21-9-6-5-8-19(21)12-15-26(27)31/h5-10,12-15,18,22-23,28-29,31H,3-4,11,16-17H2,1-2H3. The number of benzene rings is 3. The van der Waals surface area contributed by atoms with Gasteiger partial charge in [0, 0.05) is 30.3 Å². The Hall–Kier alpha value is -2.83. The van der Waals surface area contributed by atoms with Crippen LogP contribution in [0, 0.1) is 5.92 Å². The predicted molar refractivity (Wildman–Crippen MR) is 138 cm³/mol. The Morgan fingerprint density at radius 1 is 1.03 bits per heavy atom. The maximum absolute atomic E-state index is 13.4. The van der Waals surface area contributed by atoms with Gasteiger partial charge in [-0.2, -0.15) is 4.31 Å². The zero-order valence-electron chi connectivity index (χ0n) is 19.7. The number of hydrogen-bond donors (Lipinski definition) is 2. The molecule has 0 amide bonds. The van der Waals surface area contributed by atoms with Crippen molar-refractivity contribution < 1.29 is 13.5 Å². The number of aromatic hydroxyl groups is 1. The van der Waals surface area contributed by atoms with Gasteiger partial charge in [0.1, 0.15) is 5.75 Å². The number of nitrogens with one attached hydrogen (secondary N) is 1. The second-order valence-corrected chi connectivity index (χ2v) is 11.3. The van der Waals surface area contributed by atoms with Crippen LogP contribution in [0.3, 0.4) is 0 Å². The van der Waals surface area contributed by atoms with Gasteiger partial charge in [-0.15, -0.1) is 0 Å². The van der Waals surface area contributed by atoms with Crippen molar-refractivity contribution in [1.82, 2.24) is 4.31 Å². The molecule has 5 rings (SSSR count). The highest BCUT2D eigenvalue weighted by atomic mass is 32.2. The average Bonchev–Trinajstić information content (AvgIpc) is 3.34. The average molecular weight is 477 g/mol. The molecule has 0 saturated heterocycles. The van der Waals surface area contributed by atoms with E-state index in [1.54, 1.807) is 16.4 Å². The lowest BCUT2D eigenvalue weighted by Crippen LogP contribution is -2.33. The van der Waals surface area contributed by atoms with Crippen molar-refractivity contribution in [2.24, 2.45) is 5.92 Å². The van der Waals surface area contributed by atoms with Crippen molar-refractivity contribution in [3.8, 4) is 5.75 Å². The molecule has 1 aliphatic carbocycles. The van der Waals surface area contributed by atoms with Gasteiger partial charge in [-0.05, 0) is 65.8 Å². The summed E-state index contributed by atoms with van der Waals surface area (Å²) in [5.41, 5.74) is 2.86. The van der Waals surface area contributed by atoms with Crippen LogP contribution in [0.2, 0.25) is 0 Å². The van der Waals surface area contributed by atoms with Gasteiger partial charge >= 0.3 is 0 Å². The summed E-state index contributed by atoms with van der Waals surface area (Å²) in [6.45, 7) is 5.07. The molecular weight excluding hydrogens is 444 g/mol. The van der Waals surface area contributed by atoms with Gasteiger partial charge in [0.25, 0.3) is 0 Å². The fraction of sp³-hybridized carbons (Fsp3) is 0.357. The van der Waals surface area contributed by atoms with Gasteiger partial charge in [-0.3, -0.25) is 0 Å². The van der Waals surface area contributed by atoms with E-state index in [4.69, 9.17) is 0 Å². The molecule has 0 aromatic heterocycles. The first-order valence-corrected chi connectivity index (χ1v) is 13.7. The van der Waals surface area contributed by atoms with Crippen LogP contribution < -0.4 is 5.32 Å². The molecule has 0 radical (unpaired) electrons. The van der Waals surface area contributed by atoms with Crippen LogP contribution in [0.5, 0.6) is 5.75 Å². The van der Waals surface area contributed by atoms with E-state index in [9.17, 15) is 13.5 Å². The van der Waals surface area contributed by atoms with E-state index < -0.39 is 10.0 Å². The number of hydrogen-bond acceptors (Lipinski definition) is 4. The first-order chi connectivity index (χ1) is 16.5. The highest BCUT2D eigenvalue weighted by Gasteiger charge is 2.40. The summed E-state index contributed by atoms with van der Waals surface area (Å²) in [6.07, 6.45) is 6.83. The van der Waals surface area contributed by atoms with Gasteiger partial charge in [-0.25, -0.2) is 8.42 Å². The van der Waals surface area contributed by atoms with E-state index in [0.717, 1.165) is 46.8 Å². The van der Waals surface area contributed by atoms with Gasteiger partial charge in [0.15, 0.2) is 0 Å². The fourth-order valence-corrected chi connectivity index (χ4v) is 7.29. The Bertz CT molecular complexity index is 1340. The van der Waals surface area contributed by atoms with E-state index in [2.05, 4.69) is 29.6 Å². The van der Waals surface area contributed by atoms with E-state index in [1.165, 1.54) is 0 Å². The van der Waals surface area contributed by atoms with Crippen molar-refractivity contribution in [3.05, 3.63) is 77.9 Å². The highest BCUT2D eigenvalue weighted by Crippen LogP contribution is 2.52. The van der Waals surface area contributed by atoms with Crippen LogP contribution in [-0.4, -0.2) is 30.9 Å². The molecule has 1 aliphatic heterocycles. The van der Waals surface area contributed by atoms with Crippen LogP contribution in [-0.2, 0) is 10.0 Å². The number of nitrogens with zero attached hydrogens (tertiary/aromatic N) is 1. The molecule has 0 saturated carbocycles. The Kier molecular flexibility index (Phi) is 6.13. The summed E-state index contributed by atoms with van der Waals surface area (Å²) in [4.78, 5) is 0.362. The summed E-state index contributed by atoms with van der Waals surface area (Å²) in [6, 6.07) is 17.3. The topological polar surface area (TPSA) is 69.6 Å². The number of phenolic OH excluding ortho intramolecular Hbond substituents is 1. The normalized spacial score (nSPS) is 21.4. The van der Waals surface area contributed by atoms with E-state index in [0.29, 0.717) is 23.7 Å². The summed E-state index contributed by atoms with van der Waals surface area (Å²) in [7, 11) is -3.55. The largest absolute Gasteiger partial charge is 0.508 e. The molecule has 1 heterocycles. The number of anilines is 1. The predicted octanol–water partition coefficient (Wildman–Crippen LogP) is 6.18. The first kappa shape index (κ1) is 22.9. The van der Waals surface area contributed by atoms with E-state index in [1.807, 2.05) is 44.2 Å². The smallest absolute Gasteiger partial charge is 0.243 e. The Labute approximate surface area is 202 Å². The molecule has 0 bridgehead atoms. The summed E-state index contributed by atoms with van der Waals surface area (Å²) >= 11 is 0. The molecule has 5 nitrogen and oxygen atoms in total. The molecule has 34 heavy (non-hydrogen) atoms. The van der Waals surface area contributed by atoms with Crippen LogP contribution in [0.4, 0.5) is 5.69 Å². The van der Waals surface area contributed by atoms with Crippen molar-refractivity contribution in [1.29, 1.82) is 0 Å². The van der Waals surface area contributed by atoms with Crippen LogP contribution in [0.15, 0.2) is 71.6 Å². The molecule has 3 atom stereocenters. The maximum atomic E-state index is 13.4. The lowest BCUT2D eigenvalue weighted by atomic mass is 9.76. The van der Waals surface area contributed by atoms with Gasteiger partial charge in [-0.1, -0.05) is 56.3 Å². The minimum Gasteiger partial charge on any atom is -0.508 e. The summed E-state index contributed by atoms with van der Waals surface area (Å²) in [5.74, 6) is 0.587. The number of phenols is 1. The summed E-state index contributed by atoms with van der Waals surface area (Å²) < 4.78 is 28.4. The molecule has 3 unspecified atom stereocenters. The molecule has 2 N–H and O–H groups in total.